The summed E-state index contributed by atoms with van der Waals surface area (Å²) in [5.74, 6) is 0.115. The molecule has 3 fully saturated rings. The van der Waals surface area contributed by atoms with E-state index in [9.17, 15) is 14.4 Å². The number of carbonyl (C=O) groups excluding carboxylic acids is 3. The lowest BCUT2D eigenvalue weighted by atomic mass is 9.85. The quantitative estimate of drug-likeness (QED) is 0.313. The molecule has 4 aliphatic rings. The number of rotatable bonds is 5. The van der Waals surface area contributed by atoms with Crippen LogP contribution < -0.4 is 0 Å². The number of fused-ring (bicyclic) bond motifs is 3. The molecule has 6 rings (SSSR count). The minimum atomic E-state index is -0.368. The number of nitrogens with zero attached hydrogens (tertiary/aromatic N) is 2. The van der Waals surface area contributed by atoms with Crippen molar-refractivity contribution in [2.24, 2.45) is 34.2 Å². The number of hydrogen-bond acceptors (Lipinski definition) is 6. The molecular weight excluding hydrogens is 408 g/mol. The number of amides is 2. The molecule has 32 heavy (non-hydrogen) atoms. The lowest BCUT2D eigenvalue weighted by Crippen LogP contribution is -2.30. The van der Waals surface area contributed by atoms with E-state index in [4.69, 9.17) is 9.15 Å². The van der Waals surface area contributed by atoms with Gasteiger partial charge in [0.2, 0.25) is 0 Å². The first-order chi connectivity index (χ1) is 15.5. The highest BCUT2D eigenvalue weighted by atomic mass is 16.5. The smallest absolute Gasteiger partial charge is 0.338 e. The summed E-state index contributed by atoms with van der Waals surface area (Å²) in [4.78, 5) is 37.7. The normalized spacial score (nSPS) is 28.8. The van der Waals surface area contributed by atoms with Crippen LogP contribution in [0.2, 0.25) is 0 Å². The van der Waals surface area contributed by atoms with E-state index in [2.05, 4.69) is 17.3 Å². The summed E-state index contributed by atoms with van der Waals surface area (Å²) in [6.07, 6.45) is 7.92. The molecule has 2 saturated carbocycles. The molecule has 1 aromatic carbocycles. The fourth-order valence-corrected chi connectivity index (χ4v) is 5.85. The second kappa shape index (κ2) is 6.76. The van der Waals surface area contributed by atoms with Crippen LogP contribution in [0, 0.1) is 29.1 Å². The fraction of sp³-hybridized carbons (Fsp3) is 0.360. The summed E-state index contributed by atoms with van der Waals surface area (Å²) >= 11 is 0. The van der Waals surface area contributed by atoms with E-state index in [1.54, 1.807) is 43.3 Å². The zero-order chi connectivity index (χ0) is 22.0. The van der Waals surface area contributed by atoms with Crippen molar-refractivity contribution in [1.82, 2.24) is 5.01 Å². The van der Waals surface area contributed by atoms with E-state index in [0.29, 0.717) is 23.7 Å². The number of ether oxygens (including phenoxy) is 1. The second-order valence-corrected chi connectivity index (χ2v) is 8.95. The Balaban J connectivity index is 1.17. The highest BCUT2D eigenvalue weighted by Crippen LogP contribution is 2.73. The fourth-order valence-electron chi connectivity index (χ4n) is 5.85. The van der Waals surface area contributed by atoms with Crippen LogP contribution in [0.4, 0.5) is 0 Å². The Morgan fingerprint density at radius 3 is 2.34 bits per heavy atom. The number of imide groups is 1. The lowest BCUT2D eigenvalue weighted by molar-refractivity contribution is -0.141. The van der Waals surface area contributed by atoms with Gasteiger partial charge >= 0.3 is 5.97 Å². The molecule has 0 unspecified atom stereocenters. The number of hydrogen-bond donors (Lipinski definition) is 0. The molecule has 7 nitrogen and oxygen atoms in total. The third kappa shape index (κ3) is 2.60. The molecule has 2 aromatic rings. The molecule has 162 valence electrons. The third-order valence-electron chi connectivity index (χ3n) is 7.44. The number of esters is 1. The van der Waals surface area contributed by atoms with E-state index >= 15 is 0 Å². The van der Waals surface area contributed by atoms with Gasteiger partial charge in [-0.1, -0.05) is 24.3 Å². The van der Waals surface area contributed by atoms with Crippen molar-refractivity contribution in [2.75, 3.05) is 6.61 Å². The SMILES string of the molecule is CCOC(=O)c1ccc(-c2ccc(/C=N\N3C(=O)[C@@H]4[C@H](C3=O)[C@H]3C=C[C@H]4C34CC4)o2)cc1. The van der Waals surface area contributed by atoms with Crippen LogP contribution in [0.3, 0.4) is 0 Å². The van der Waals surface area contributed by atoms with Crippen molar-refractivity contribution < 1.29 is 23.5 Å². The van der Waals surface area contributed by atoms with Crippen LogP contribution >= 0.6 is 0 Å². The third-order valence-corrected chi connectivity index (χ3v) is 7.44. The Bertz CT molecular complexity index is 1150. The Hall–Kier alpha value is -3.48. The van der Waals surface area contributed by atoms with Crippen molar-refractivity contribution in [1.29, 1.82) is 0 Å². The lowest BCUT2D eigenvalue weighted by Gasteiger charge is -2.18. The molecule has 1 spiro atoms. The maximum Gasteiger partial charge on any atom is 0.338 e. The summed E-state index contributed by atoms with van der Waals surface area (Å²) in [5, 5.41) is 5.23. The first-order valence-corrected chi connectivity index (χ1v) is 11.0. The largest absolute Gasteiger partial charge is 0.462 e. The second-order valence-electron chi connectivity index (χ2n) is 8.95. The Morgan fingerprint density at radius 2 is 1.75 bits per heavy atom. The maximum absolute atomic E-state index is 13.0. The monoisotopic (exact) mass is 430 g/mol. The van der Waals surface area contributed by atoms with Crippen LogP contribution in [-0.4, -0.2) is 35.6 Å². The minimum Gasteiger partial charge on any atom is -0.462 e. The highest BCUT2D eigenvalue weighted by molar-refractivity contribution is 6.07. The van der Waals surface area contributed by atoms with E-state index in [-0.39, 0.29) is 46.9 Å². The van der Waals surface area contributed by atoms with Crippen molar-refractivity contribution in [2.45, 2.75) is 19.8 Å². The molecule has 7 heteroatoms. The van der Waals surface area contributed by atoms with Gasteiger partial charge in [-0.3, -0.25) is 9.59 Å². The van der Waals surface area contributed by atoms with Gasteiger partial charge in [0.25, 0.3) is 11.8 Å². The van der Waals surface area contributed by atoms with Crippen molar-refractivity contribution >= 4 is 24.0 Å². The maximum atomic E-state index is 13.0. The predicted octanol–water partition coefficient (Wildman–Crippen LogP) is 3.65. The van der Waals surface area contributed by atoms with Gasteiger partial charge in [0.1, 0.15) is 11.5 Å². The Labute approximate surface area is 184 Å². The minimum absolute atomic E-state index is 0.176. The van der Waals surface area contributed by atoms with Gasteiger partial charge in [-0.25, -0.2) is 4.79 Å². The van der Waals surface area contributed by atoms with Gasteiger partial charge in [-0.2, -0.15) is 10.1 Å². The number of allylic oxidation sites excluding steroid dienone is 2. The molecule has 2 bridgehead atoms. The molecule has 3 aliphatic carbocycles. The van der Waals surface area contributed by atoms with E-state index in [0.717, 1.165) is 23.4 Å². The molecule has 4 atom stereocenters. The molecule has 1 saturated heterocycles. The summed E-state index contributed by atoms with van der Waals surface area (Å²) < 4.78 is 10.8. The van der Waals surface area contributed by atoms with Crippen LogP contribution in [0.15, 0.2) is 58.1 Å². The topological polar surface area (TPSA) is 89.2 Å². The van der Waals surface area contributed by atoms with Crippen molar-refractivity contribution in [3.05, 3.63) is 59.9 Å². The van der Waals surface area contributed by atoms with Crippen molar-refractivity contribution in [3.8, 4) is 11.3 Å². The average molecular weight is 430 g/mol. The first-order valence-electron chi connectivity index (χ1n) is 11.0. The molecule has 2 amide bonds. The molecular formula is C25H22N2O5. The summed E-state index contributed by atoms with van der Waals surface area (Å²) in [6.45, 7) is 2.09. The Morgan fingerprint density at radius 1 is 1.09 bits per heavy atom. The number of benzene rings is 1. The van der Waals surface area contributed by atoms with Gasteiger partial charge in [0.05, 0.1) is 30.2 Å². The Kier molecular flexibility index (Phi) is 4.06. The van der Waals surface area contributed by atoms with E-state index in [1.807, 2.05) is 0 Å². The van der Waals surface area contributed by atoms with Gasteiger partial charge in [0.15, 0.2) is 0 Å². The summed E-state index contributed by atoms with van der Waals surface area (Å²) in [7, 11) is 0. The van der Waals surface area contributed by atoms with E-state index < -0.39 is 0 Å². The average Bonchev–Trinajstić information content (AvgIpc) is 3.08. The highest BCUT2D eigenvalue weighted by Gasteiger charge is 2.73. The number of hydrazone groups is 1. The molecule has 0 radical (unpaired) electrons. The van der Waals surface area contributed by atoms with Crippen LogP contribution in [0.5, 0.6) is 0 Å². The van der Waals surface area contributed by atoms with Gasteiger partial charge in [-0.05, 0) is 61.3 Å². The standard InChI is InChI=1S/C25H22N2O5/c1-2-31-24(30)15-5-3-14(4-6-15)19-10-7-16(32-19)13-26-27-22(28)20-17-8-9-18(21(20)23(27)29)25(17)11-12-25/h3-10,13,17-18,20-21H,2,11-12H2,1H3/b26-13-/t17-,18-,20-,21+/m1/s1. The van der Waals surface area contributed by atoms with Gasteiger partial charge in [-0.15, -0.1) is 0 Å². The number of furan rings is 1. The van der Waals surface area contributed by atoms with Crippen molar-refractivity contribution in [3.63, 3.8) is 0 Å². The molecule has 1 aliphatic heterocycles. The molecule has 2 heterocycles. The predicted molar refractivity (Wildman–Crippen MR) is 114 cm³/mol. The first kappa shape index (κ1) is 19.2. The number of carbonyl (C=O) groups is 3. The zero-order valence-electron chi connectivity index (χ0n) is 17.6. The van der Waals surface area contributed by atoms with Gasteiger partial charge in [0, 0.05) is 5.56 Å². The molecule has 0 N–H and O–H groups in total. The van der Waals surface area contributed by atoms with Crippen LogP contribution in [0.25, 0.3) is 11.3 Å². The van der Waals surface area contributed by atoms with Crippen LogP contribution in [0.1, 0.15) is 35.9 Å². The van der Waals surface area contributed by atoms with Gasteiger partial charge < -0.3 is 9.15 Å². The summed E-state index contributed by atoms with van der Waals surface area (Å²) in [6, 6.07) is 10.4. The molecule has 1 aromatic heterocycles. The van der Waals surface area contributed by atoms with E-state index in [1.165, 1.54) is 6.21 Å². The zero-order valence-corrected chi connectivity index (χ0v) is 17.6. The summed E-state index contributed by atoms with van der Waals surface area (Å²) in [5.41, 5.74) is 1.43. The van der Waals surface area contributed by atoms with Crippen LogP contribution in [-0.2, 0) is 14.3 Å².